The smallest absolute Gasteiger partial charge is 0.0897 e. The molecule has 0 heterocycles. The Morgan fingerprint density at radius 2 is 2.10 bits per heavy atom. The van der Waals surface area contributed by atoms with Crippen LogP contribution in [0.2, 0.25) is 0 Å². The second kappa shape index (κ2) is 9.88. The maximum atomic E-state index is 9.78. The Balaban J connectivity index is 2.08. The largest absolute Gasteiger partial charge is 0.389 e. The number of benzene rings is 1. The van der Waals surface area contributed by atoms with Gasteiger partial charge in [-0.3, -0.25) is 0 Å². The number of nitrogens with one attached hydrogen (secondary N) is 1. The Hall–Kier alpha value is -0.940. The molecule has 1 aromatic rings. The van der Waals surface area contributed by atoms with Crippen molar-refractivity contribution in [2.24, 2.45) is 0 Å². The molecule has 0 fully saturated rings. The predicted molar refractivity (Wildman–Crippen MR) is 81.0 cm³/mol. The van der Waals surface area contributed by atoms with Crippen molar-refractivity contribution in [1.29, 1.82) is 0 Å². The van der Waals surface area contributed by atoms with Crippen LogP contribution < -0.4 is 5.32 Å². The average molecular weight is 281 g/mol. The minimum Gasteiger partial charge on any atom is -0.389 e. The molecular formula is C16H27NO3. The lowest BCUT2D eigenvalue weighted by Gasteiger charge is -2.16. The highest BCUT2D eigenvalue weighted by atomic mass is 16.5. The molecule has 2 atom stereocenters. The lowest BCUT2D eigenvalue weighted by Crippen LogP contribution is -2.33. The maximum absolute atomic E-state index is 9.78. The Morgan fingerprint density at radius 3 is 2.80 bits per heavy atom. The average Bonchev–Trinajstić information content (AvgIpc) is 2.42. The summed E-state index contributed by atoms with van der Waals surface area (Å²) in [5.74, 6) is 0. The van der Waals surface area contributed by atoms with Crippen LogP contribution in [0.15, 0.2) is 24.3 Å². The Kier molecular flexibility index (Phi) is 8.46. The van der Waals surface area contributed by atoms with Gasteiger partial charge in [-0.05, 0) is 32.4 Å². The van der Waals surface area contributed by atoms with Gasteiger partial charge < -0.3 is 19.9 Å². The van der Waals surface area contributed by atoms with E-state index >= 15 is 0 Å². The van der Waals surface area contributed by atoms with Crippen LogP contribution in [0.25, 0.3) is 0 Å². The van der Waals surface area contributed by atoms with E-state index in [1.54, 1.807) is 7.11 Å². The fourth-order valence-electron chi connectivity index (χ4n) is 1.99. The van der Waals surface area contributed by atoms with E-state index in [1.165, 1.54) is 11.1 Å². The highest BCUT2D eigenvalue weighted by molar-refractivity contribution is 5.22. The zero-order valence-corrected chi connectivity index (χ0v) is 12.8. The molecule has 0 saturated heterocycles. The topological polar surface area (TPSA) is 50.7 Å². The van der Waals surface area contributed by atoms with Gasteiger partial charge in [-0.2, -0.15) is 0 Å². The number of methoxy groups -OCH3 is 1. The molecular weight excluding hydrogens is 254 g/mol. The van der Waals surface area contributed by atoms with E-state index < -0.39 is 6.10 Å². The standard InChI is InChI=1S/C16H27NO3/c1-13-5-4-6-15(9-13)7-8-17-10-16(18)12-20-14(2)11-19-3/h4-6,9,14,16-18H,7-8,10-12H2,1-3H3. The summed E-state index contributed by atoms with van der Waals surface area (Å²) in [6.45, 7) is 6.32. The van der Waals surface area contributed by atoms with Crippen molar-refractivity contribution in [1.82, 2.24) is 5.32 Å². The summed E-state index contributed by atoms with van der Waals surface area (Å²) < 4.78 is 10.4. The minimum atomic E-state index is -0.480. The molecule has 20 heavy (non-hydrogen) atoms. The molecule has 114 valence electrons. The van der Waals surface area contributed by atoms with Crippen molar-refractivity contribution < 1.29 is 14.6 Å². The van der Waals surface area contributed by atoms with Crippen LogP contribution >= 0.6 is 0 Å². The molecule has 0 aliphatic rings. The highest BCUT2D eigenvalue weighted by Gasteiger charge is 2.07. The molecule has 0 aliphatic carbocycles. The molecule has 0 bridgehead atoms. The molecule has 0 aromatic heterocycles. The SMILES string of the molecule is COCC(C)OCC(O)CNCCc1cccc(C)c1. The van der Waals surface area contributed by atoms with Gasteiger partial charge >= 0.3 is 0 Å². The van der Waals surface area contributed by atoms with Crippen molar-refractivity contribution in [2.75, 3.05) is 33.4 Å². The van der Waals surface area contributed by atoms with Crippen LogP contribution in [-0.4, -0.2) is 50.7 Å². The van der Waals surface area contributed by atoms with E-state index in [2.05, 4.69) is 36.5 Å². The summed E-state index contributed by atoms with van der Waals surface area (Å²) in [6.07, 6.45) is 0.503. The lowest BCUT2D eigenvalue weighted by atomic mass is 10.1. The molecule has 1 rings (SSSR count). The zero-order valence-electron chi connectivity index (χ0n) is 12.8. The number of hydrogen-bond acceptors (Lipinski definition) is 4. The van der Waals surface area contributed by atoms with Crippen LogP contribution in [-0.2, 0) is 15.9 Å². The molecule has 2 unspecified atom stereocenters. The van der Waals surface area contributed by atoms with Crippen LogP contribution in [0.1, 0.15) is 18.1 Å². The number of aliphatic hydroxyl groups is 1. The molecule has 0 radical (unpaired) electrons. The van der Waals surface area contributed by atoms with E-state index in [-0.39, 0.29) is 6.10 Å². The number of hydrogen-bond donors (Lipinski definition) is 2. The van der Waals surface area contributed by atoms with Gasteiger partial charge in [0.15, 0.2) is 0 Å². The van der Waals surface area contributed by atoms with E-state index in [0.29, 0.717) is 19.8 Å². The van der Waals surface area contributed by atoms with Gasteiger partial charge in [-0.1, -0.05) is 29.8 Å². The van der Waals surface area contributed by atoms with E-state index in [4.69, 9.17) is 9.47 Å². The van der Waals surface area contributed by atoms with E-state index in [9.17, 15) is 5.11 Å². The van der Waals surface area contributed by atoms with Crippen molar-refractivity contribution in [3.63, 3.8) is 0 Å². The van der Waals surface area contributed by atoms with Crippen molar-refractivity contribution in [2.45, 2.75) is 32.5 Å². The second-order valence-corrected chi connectivity index (χ2v) is 5.20. The van der Waals surface area contributed by atoms with Crippen molar-refractivity contribution in [3.8, 4) is 0 Å². The number of rotatable bonds is 10. The van der Waals surface area contributed by atoms with Crippen molar-refractivity contribution >= 4 is 0 Å². The number of aliphatic hydroxyl groups excluding tert-OH is 1. The van der Waals surface area contributed by atoms with Gasteiger partial charge in [0.05, 0.1) is 25.4 Å². The summed E-state index contributed by atoms with van der Waals surface area (Å²) in [5, 5.41) is 13.0. The van der Waals surface area contributed by atoms with Crippen LogP contribution in [0.3, 0.4) is 0 Å². The minimum absolute atomic E-state index is 0.0157. The van der Waals surface area contributed by atoms with Crippen LogP contribution in [0.5, 0.6) is 0 Å². The fraction of sp³-hybridized carbons (Fsp3) is 0.625. The Morgan fingerprint density at radius 1 is 1.30 bits per heavy atom. The van der Waals surface area contributed by atoms with Gasteiger partial charge in [0.1, 0.15) is 0 Å². The predicted octanol–water partition coefficient (Wildman–Crippen LogP) is 1.54. The Labute approximate surface area is 122 Å². The third-order valence-corrected chi connectivity index (χ3v) is 3.03. The molecule has 1 aromatic carbocycles. The first-order valence-electron chi connectivity index (χ1n) is 7.16. The normalized spacial score (nSPS) is 14.2. The molecule has 0 spiro atoms. The lowest BCUT2D eigenvalue weighted by molar-refractivity contribution is -0.0310. The first-order valence-corrected chi connectivity index (χ1v) is 7.16. The summed E-state index contributed by atoms with van der Waals surface area (Å²) in [6, 6.07) is 8.48. The van der Waals surface area contributed by atoms with Gasteiger partial charge in [0.25, 0.3) is 0 Å². The summed E-state index contributed by atoms with van der Waals surface area (Å²) in [4.78, 5) is 0. The summed E-state index contributed by atoms with van der Waals surface area (Å²) in [5.41, 5.74) is 2.60. The Bertz CT molecular complexity index is 370. The number of ether oxygens (including phenoxy) is 2. The zero-order chi connectivity index (χ0) is 14.8. The van der Waals surface area contributed by atoms with Gasteiger partial charge in [-0.15, -0.1) is 0 Å². The molecule has 2 N–H and O–H groups in total. The monoisotopic (exact) mass is 281 g/mol. The van der Waals surface area contributed by atoms with E-state index in [0.717, 1.165) is 13.0 Å². The fourth-order valence-corrected chi connectivity index (χ4v) is 1.99. The summed E-state index contributed by atoms with van der Waals surface area (Å²) >= 11 is 0. The highest BCUT2D eigenvalue weighted by Crippen LogP contribution is 2.03. The van der Waals surface area contributed by atoms with Gasteiger partial charge in [-0.25, -0.2) is 0 Å². The van der Waals surface area contributed by atoms with Crippen LogP contribution in [0, 0.1) is 6.92 Å². The molecule has 4 heteroatoms. The van der Waals surface area contributed by atoms with E-state index in [1.807, 2.05) is 6.92 Å². The van der Waals surface area contributed by atoms with Gasteiger partial charge in [0, 0.05) is 13.7 Å². The summed E-state index contributed by atoms with van der Waals surface area (Å²) in [7, 11) is 1.64. The molecule has 0 aliphatic heterocycles. The number of aryl methyl sites for hydroxylation is 1. The third-order valence-electron chi connectivity index (χ3n) is 3.03. The third kappa shape index (κ3) is 7.60. The van der Waals surface area contributed by atoms with Crippen LogP contribution in [0.4, 0.5) is 0 Å². The molecule has 0 amide bonds. The first kappa shape index (κ1) is 17.1. The molecule has 0 saturated carbocycles. The van der Waals surface area contributed by atoms with Crippen molar-refractivity contribution in [3.05, 3.63) is 35.4 Å². The maximum Gasteiger partial charge on any atom is 0.0897 e. The first-order chi connectivity index (χ1) is 9.61. The quantitative estimate of drug-likeness (QED) is 0.639. The second-order valence-electron chi connectivity index (χ2n) is 5.20. The molecule has 4 nitrogen and oxygen atoms in total. The van der Waals surface area contributed by atoms with Gasteiger partial charge in [0.2, 0.25) is 0 Å².